The number of pyridine rings is 2. The number of nitrogens with zero attached hydrogens (tertiary/aromatic N) is 2. The molecule has 0 spiro atoms. The third-order valence-corrected chi connectivity index (χ3v) is 3.73. The van der Waals surface area contributed by atoms with E-state index >= 15 is 0 Å². The Labute approximate surface area is 115 Å². The van der Waals surface area contributed by atoms with Crippen molar-refractivity contribution in [3.8, 4) is 5.88 Å². The maximum atomic E-state index is 5.04. The lowest BCUT2D eigenvalue weighted by atomic mass is 10.2. The Kier molecular flexibility index (Phi) is 3.29. The minimum absolute atomic E-state index is 0.627. The third-order valence-electron chi connectivity index (χ3n) is 2.85. The van der Waals surface area contributed by atoms with E-state index in [2.05, 4.69) is 26.7 Å². The van der Waals surface area contributed by atoms with Crippen LogP contribution in [-0.2, 0) is 6.54 Å². The number of anilines is 1. The van der Waals surface area contributed by atoms with Gasteiger partial charge in [0.1, 0.15) is 5.82 Å². The maximum Gasteiger partial charge on any atom is 0.212 e. The first-order valence-corrected chi connectivity index (χ1v) is 6.80. The van der Waals surface area contributed by atoms with Crippen molar-refractivity contribution in [3.63, 3.8) is 0 Å². The van der Waals surface area contributed by atoms with Crippen LogP contribution in [-0.4, -0.2) is 17.1 Å². The molecule has 0 bridgehead atoms. The topological polar surface area (TPSA) is 47.0 Å². The Bertz CT molecular complexity index is 678. The van der Waals surface area contributed by atoms with Crippen molar-refractivity contribution in [2.75, 3.05) is 12.4 Å². The third kappa shape index (κ3) is 2.51. The van der Waals surface area contributed by atoms with Crippen LogP contribution >= 0.6 is 11.3 Å². The summed E-state index contributed by atoms with van der Waals surface area (Å²) < 4.78 is 6.28. The second-order valence-corrected chi connectivity index (χ2v) is 5.00. The van der Waals surface area contributed by atoms with Crippen molar-refractivity contribution in [2.45, 2.75) is 6.54 Å². The number of hydrogen-bond acceptors (Lipinski definition) is 5. The molecule has 3 heterocycles. The zero-order chi connectivity index (χ0) is 13.1. The van der Waals surface area contributed by atoms with Gasteiger partial charge in [0.25, 0.3) is 0 Å². The molecule has 3 rings (SSSR count). The van der Waals surface area contributed by atoms with Crippen LogP contribution in [0.5, 0.6) is 5.88 Å². The SMILES string of the molecule is COc1ccc(CNc2nccc3sccc23)cn1. The molecule has 0 fully saturated rings. The zero-order valence-electron chi connectivity index (χ0n) is 10.5. The van der Waals surface area contributed by atoms with E-state index in [1.165, 1.54) is 4.70 Å². The number of rotatable bonds is 4. The van der Waals surface area contributed by atoms with Crippen LogP contribution in [0.2, 0.25) is 0 Å². The van der Waals surface area contributed by atoms with Crippen molar-refractivity contribution in [2.24, 2.45) is 0 Å². The van der Waals surface area contributed by atoms with E-state index in [1.54, 1.807) is 24.6 Å². The molecule has 0 aliphatic rings. The lowest BCUT2D eigenvalue weighted by Crippen LogP contribution is -2.02. The summed E-state index contributed by atoms with van der Waals surface area (Å²) in [5.74, 6) is 1.54. The van der Waals surface area contributed by atoms with Gasteiger partial charge in [-0.15, -0.1) is 11.3 Å². The van der Waals surface area contributed by atoms with Gasteiger partial charge in [-0.05, 0) is 23.1 Å². The number of aromatic nitrogens is 2. The van der Waals surface area contributed by atoms with Crippen molar-refractivity contribution in [1.29, 1.82) is 0 Å². The minimum atomic E-state index is 0.627. The Morgan fingerprint density at radius 2 is 2.16 bits per heavy atom. The van der Waals surface area contributed by atoms with Gasteiger partial charge in [0.05, 0.1) is 7.11 Å². The fourth-order valence-electron chi connectivity index (χ4n) is 1.86. The van der Waals surface area contributed by atoms with E-state index in [1.807, 2.05) is 24.4 Å². The van der Waals surface area contributed by atoms with Gasteiger partial charge in [-0.1, -0.05) is 6.07 Å². The molecule has 3 aromatic rings. The Hall–Kier alpha value is -2.14. The van der Waals surface area contributed by atoms with E-state index in [9.17, 15) is 0 Å². The maximum absolute atomic E-state index is 5.04. The highest BCUT2D eigenvalue weighted by Crippen LogP contribution is 2.26. The molecule has 1 N–H and O–H groups in total. The van der Waals surface area contributed by atoms with Gasteiger partial charge in [-0.3, -0.25) is 0 Å². The summed E-state index contributed by atoms with van der Waals surface area (Å²) in [7, 11) is 1.61. The van der Waals surface area contributed by atoms with Gasteiger partial charge >= 0.3 is 0 Å². The van der Waals surface area contributed by atoms with Gasteiger partial charge in [-0.2, -0.15) is 0 Å². The average Bonchev–Trinajstić information content (AvgIpc) is 2.94. The Morgan fingerprint density at radius 1 is 1.21 bits per heavy atom. The minimum Gasteiger partial charge on any atom is -0.481 e. The first-order chi connectivity index (χ1) is 9.36. The summed E-state index contributed by atoms with van der Waals surface area (Å²) in [5.41, 5.74) is 1.09. The molecule has 0 unspecified atom stereocenters. The molecule has 0 aromatic carbocycles. The van der Waals surface area contributed by atoms with E-state index in [0.717, 1.165) is 16.8 Å². The predicted octanol–water partition coefficient (Wildman–Crippen LogP) is 3.31. The highest BCUT2D eigenvalue weighted by molar-refractivity contribution is 7.17. The molecule has 19 heavy (non-hydrogen) atoms. The molecule has 96 valence electrons. The highest BCUT2D eigenvalue weighted by Gasteiger charge is 2.03. The van der Waals surface area contributed by atoms with Gasteiger partial charge in [0, 0.05) is 35.1 Å². The molecule has 0 atom stereocenters. The molecular formula is C14H13N3OS. The van der Waals surface area contributed by atoms with Gasteiger partial charge in [0.2, 0.25) is 5.88 Å². The lowest BCUT2D eigenvalue weighted by Gasteiger charge is -2.07. The quantitative estimate of drug-likeness (QED) is 0.790. The summed E-state index contributed by atoms with van der Waals surface area (Å²) >= 11 is 1.72. The number of nitrogens with one attached hydrogen (secondary N) is 1. The van der Waals surface area contributed by atoms with Crippen LogP contribution in [0.25, 0.3) is 10.1 Å². The largest absolute Gasteiger partial charge is 0.481 e. The van der Waals surface area contributed by atoms with Crippen LogP contribution < -0.4 is 10.1 Å². The molecule has 3 aromatic heterocycles. The van der Waals surface area contributed by atoms with E-state index in [0.29, 0.717) is 12.4 Å². The van der Waals surface area contributed by atoms with Crippen LogP contribution in [0.1, 0.15) is 5.56 Å². The van der Waals surface area contributed by atoms with Crippen molar-refractivity contribution in [3.05, 3.63) is 47.6 Å². The summed E-state index contributed by atoms with van der Waals surface area (Å²) in [5, 5.41) is 6.58. The van der Waals surface area contributed by atoms with Crippen LogP contribution in [0.3, 0.4) is 0 Å². The van der Waals surface area contributed by atoms with Crippen LogP contribution in [0.4, 0.5) is 5.82 Å². The molecule has 0 saturated heterocycles. The Morgan fingerprint density at radius 3 is 2.95 bits per heavy atom. The fraction of sp³-hybridized carbons (Fsp3) is 0.143. The molecule has 5 heteroatoms. The predicted molar refractivity (Wildman–Crippen MR) is 77.7 cm³/mol. The lowest BCUT2D eigenvalue weighted by molar-refractivity contribution is 0.397. The molecule has 0 radical (unpaired) electrons. The molecular weight excluding hydrogens is 258 g/mol. The van der Waals surface area contributed by atoms with Crippen molar-refractivity contribution < 1.29 is 4.74 Å². The monoisotopic (exact) mass is 271 g/mol. The standard InChI is InChI=1S/C14H13N3OS/c1-18-13-3-2-10(8-16-13)9-17-14-11-5-7-19-12(11)4-6-15-14/h2-8H,9H2,1H3,(H,15,17). The number of fused-ring (bicyclic) bond motifs is 1. The highest BCUT2D eigenvalue weighted by atomic mass is 32.1. The van der Waals surface area contributed by atoms with E-state index in [-0.39, 0.29) is 0 Å². The van der Waals surface area contributed by atoms with E-state index in [4.69, 9.17) is 4.74 Å². The molecule has 0 amide bonds. The molecule has 0 saturated carbocycles. The van der Waals surface area contributed by atoms with Gasteiger partial charge in [0.15, 0.2) is 0 Å². The number of thiophene rings is 1. The average molecular weight is 271 g/mol. The van der Waals surface area contributed by atoms with Crippen molar-refractivity contribution in [1.82, 2.24) is 9.97 Å². The second kappa shape index (κ2) is 5.24. The zero-order valence-corrected chi connectivity index (χ0v) is 11.3. The van der Waals surface area contributed by atoms with Gasteiger partial charge < -0.3 is 10.1 Å². The smallest absolute Gasteiger partial charge is 0.212 e. The summed E-state index contributed by atoms with van der Waals surface area (Å²) in [6.07, 6.45) is 3.63. The van der Waals surface area contributed by atoms with Crippen molar-refractivity contribution >= 4 is 27.2 Å². The van der Waals surface area contributed by atoms with Crippen LogP contribution in [0, 0.1) is 0 Å². The molecule has 0 aliphatic carbocycles. The molecule has 0 aliphatic heterocycles. The summed E-state index contributed by atoms with van der Waals surface area (Å²) in [6, 6.07) is 7.96. The second-order valence-electron chi connectivity index (χ2n) is 4.05. The number of methoxy groups -OCH3 is 1. The van der Waals surface area contributed by atoms with Gasteiger partial charge in [-0.25, -0.2) is 9.97 Å². The summed E-state index contributed by atoms with van der Waals surface area (Å²) in [6.45, 7) is 0.693. The first-order valence-electron chi connectivity index (χ1n) is 5.92. The number of ether oxygens (including phenoxy) is 1. The number of hydrogen-bond donors (Lipinski definition) is 1. The van der Waals surface area contributed by atoms with E-state index < -0.39 is 0 Å². The fourth-order valence-corrected chi connectivity index (χ4v) is 2.64. The summed E-state index contributed by atoms with van der Waals surface area (Å²) in [4.78, 5) is 8.56. The normalized spacial score (nSPS) is 10.6. The molecule has 4 nitrogen and oxygen atoms in total. The van der Waals surface area contributed by atoms with Crippen LogP contribution in [0.15, 0.2) is 42.0 Å². The Balaban J connectivity index is 1.76. The first kappa shape index (κ1) is 11.9.